The van der Waals surface area contributed by atoms with Crippen LogP contribution in [0.15, 0.2) is 22.6 Å². The van der Waals surface area contributed by atoms with Crippen LogP contribution in [0.25, 0.3) is 11.1 Å². The molecule has 1 saturated carbocycles. The molecule has 2 heterocycles. The molecule has 0 spiro atoms. The molecule has 1 saturated heterocycles. The summed E-state index contributed by atoms with van der Waals surface area (Å²) in [7, 11) is 0. The van der Waals surface area contributed by atoms with Gasteiger partial charge in [-0.1, -0.05) is 18.0 Å². The van der Waals surface area contributed by atoms with Gasteiger partial charge in [0, 0.05) is 29.9 Å². The maximum absolute atomic E-state index is 12.3. The molecule has 1 aromatic carbocycles. The molecule has 1 aliphatic heterocycles. The molecule has 2 fully saturated rings. The normalized spacial score (nSPS) is 20.3. The first-order valence-corrected chi connectivity index (χ1v) is 8.43. The summed E-state index contributed by atoms with van der Waals surface area (Å²) in [5, 5.41) is 0.674. The molecule has 116 valence electrons. The van der Waals surface area contributed by atoms with E-state index in [0.29, 0.717) is 22.8 Å². The Balaban J connectivity index is 1.44. The first-order chi connectivity index (χ1) is 10.7. The zero-order valence-electron chi connectivity index (χ0n) is 12.4. The zero-order chi connectivity index (χ0) is 15.1. The van der Waals surface area contributed by atoms with Gasteiger partial charge in [-0.15, -0.1) is 0 Å². The van der Waals surface area contributed by atoms with Gasteiger partial charge in [-0.3, -0.25) is 4.79 Å². The van der Waals surface area contributed by atoms with E-state index >= 15 is 0 Å². The Bertz CT molecular complexity index is 700. The quantitative estimate of drug-likeness (QED) is 0.841. The minimum atomic E-state index is 0.294. The predicted octanol–water partition coefficient (Wildman–Crippen LogP) is 3.99. The van der Waals surface area contributed by atoms with Crippen molar-refractivity contribution >= 4 is 28.6 Å². The van der Waals surface area contributed by atoms with E-state index in [1.54, 1.807) is 0 Å². The molecule has 22 heavy (non-hydrogen) atoms. The lowest BCUT2D eigenvalue weighted by atomic mass is 9.83. The molecule has 5 heteroatoms. The number of carbonyl (C=O) groups excluding carboxylic acids is 1. The van der Waals surface area contributed by atoms with Crippen molar-refractivity contribution in [2.24, 2.45) is 5.92 Å². The minimum Gasteiger partial charge on any atom is -0.440 e. The number of aromatic nitrogens is 1. The highest BCUT2D eigenvalue weighted by atomic mass is 35.5. The van der Waals surface area contributed by atoms with E-state index in [-0.39, 0.29) is 0 Å². The van der Waals surface area contributed by atoms with Crippen LogP contribution < -0.4 is 0 Å². The van der Waals surface area contributed by atoms with Gasteiger partial charge in [-0.05, 0) is 43.9 Å². The number of benzene rings is 1. The van der Waals surface area contributed by atoms with Gasteiger partial charge in [0.15, 0.2) is 11.5 Å². The summed E-state index contributed by atoms with van der Waals surface area (Å²) in [6.45, 7) is 1.64. The molecule has 0 atom stereocenters. The highest BCUT2D eigenvalue weighted by molar-refractivity contribution is 6.31. The summed E-state index contributed by atoms with van der Waals surface area (Å²) < 4.78 is 5.86. The lowest BCUT2D eigenvalue weighted by molar-refractivity contribution is -0.139. The SMILES string of the molecule is O=C(C1CCC1)N1CCC(c2nc3cc(Cl)ccc3o2)CC1. The number of carbonyl (C=O) groups is 1. The summed E-state index contributed by atoms with van der Waals surface area (Å²) in [6.07, 6.45) is 5.21. The molecule has 1 amide bonds. The van der Waals surface area contributed by atoms with Crippen molar-refractivity contribution in [1.29, 1.82) is 0 Å². The standard InChI is InChI=1S/C17H19ClN2O2/c18-13-4-5-15-14(10-13)19-16(22-15)11-6-8-20(9-7-11)17(21)12-2-1-3-12/h4-5,10-12H,1-3,6-9H2. The second-order valence-corrected chi connectivity index (χ2v) is 6.83. The third-order valence-electron chi connectivity index (χ3n) is 4.98. The van der Waals surface area contributed by atoms with Crippen LogP contribution in [0.2, 0.25) is 5.02 Å². The molecule has 4 rings (SSSR count). The molecule has 0 unspecified atom stereocenters. The van der Waals surface area contributed by atoms with Crippen LogP contribution in [-0.4, -0.2) is 28.9 Å². The van der Waals surface area contributed by atoms with Crippen LogP contribution in [0.4, 0.5) is 0 Å². The monoisotopic (exact) mass is 318 g/mol. The number of halogens is 1. The highest BCUT2D eigenvalue weighted by Crippen LogP contribution is 2.33. The minimum absolute atomic E-state index is 0.294. The van der Waals surface area contributed by atoms with Gasteiger partial charge in [-0.25, -0.2) is 4.98 Å². The van der Waals surface area contributed by atoms with Crippen LogP contribution >= 0.6 is 11.6 Å². The summed E-state index contributed by atoms with van der Waals surface area (Å²) in [4.78, 5) is 18.9. The third kappa shape index (κ3) is 2.50. The number of oxazole rings is 1. The van der Waals surface area contributed by atoms with Crippen molar-refractivity contribution in [2.75, 3.05) is 13.1 Å². The zero-order valence-corrected chi connectivity index (χ0v) is 13.2. The molecular formula is C17H19ClN2O2. The topological polar surface area (TPSA) is 46.3 Å². The Hall–Kier alpha value is -1.55. The van der Waals surface area contributed by atoms with E-state index in [1.165, 1.54) is 6.42 Å². The molecule has 1 aliphatic carbocycles. The van der Waals surface area contributed by atoms with Crippen LogP contribution in [0.5, 0.6) is 0 Å². The second-order valence-electron chi connectivity index (χ2n) is 6.39. The van der Waals surface area contributed by atoms with Gasteiger partial charge >= 0.3 is 0 Å². The maximum Gasteiger partial charge on any atom is 0.225 e. The molecule has 1 aromatic heterocycles. The van der Waals surface area contributed by atoms with Crippen molar-refractivity contribution in [1.82, 2.24) is 9.88 Å². The molecule has 0 N–H and O–H groups in total. The summed E-state index contributed by atoms with van der Waals surface area (Å²) in [6, 6.07) is 5.52. The number of fused-ring (bicyclic) bond motifs is 1. The van der Waals surface area contributed by atoms with Gasteiger partial charge in [0.25, 0.3) is 0 Å². The molecule has 2 aromatic rings. The number of amides is 1. The van der Waals surface area contributed by atoms with Crippen molar-refractivity contribution < 1.29 is 9.21 Å². The first-order valence-electron chi connectivity index (χ1n) is 8.05. The smallest absolute Gasteiger partial charge is 0.225 e. The number of rotatable bonds is 2. The Morgan fingerprint density at radius 2 is 2.00 bits per heavy atom. The molecular weight excluding hydrogens is 300 g/mol. The molecule has 4 nitrogen and oxygen atoms in total. The fraction of sp³-hybridized carbons (Fsp3) is 0.529. The van der Waals surface area contributed by atoms with E-state index < -0.39 is 0 Å². The van der Waals surface area contributed by atoms with Gasteiger partial charge < -0.3 is 9.32 Å². The van der Waals surface area contributed by atoms with Crippen LogP contribution in [0, 0.1) is 5.92 Å². The maximum atomic E-state index is 12.3. The Kier molecular flexibility index (Phi) is 3.57. The van der Waals surface area contributed by atoms with E-state index in [0.717, 1.165) is 55.8 Å². The van der Waals surface area contributed by atoms with Crippen LogP contribution in [0.1, 0.15) is 43.9 Å². The largest absolute Gasteiger partial charge is 0.440 e. The van der Waals surface area contributed by atoms with Crippen molar-refractivity contribution in [2.45, 2.75) is 38.0 Å². The van der Waals surface area contributed by atoms with Crippen molar-refractivity contribution in [3.05, 3.63) is 29.1 Å². The number of likely N-dealkylation sites (tertiary alicyclic amines) is 1. The fourth-order valence-corrected chi connectivity index (χ4v) is 3.52. The summed E-state index contributed by atoms with van der Waals surface area (Å²) in [5.41, 5.74) is 1.60. The third-order valence-corrected chi connectivity index (χ3v) is 5.21. The summed E-state index contributed by atoms with van der Waals surface area (Å²) in [5.74, 6) is 1.74. The van der Waals surface area contributed by atoms with E-state index in [9.17, 15) is 4.79 Å². The fourth-order valence-electron chi connectivity index (χ4n) is 3.35. The average Bonchev–Trinajstić information content (AvgIpc) is 2.88. The van der Waals surface area contributed by atoms with Gasteiger partial charge in [0.05, 0.1) is 0 Å². The Morgan fingerprint density at radius 1 is 1.23 bits per heavy atom. The van der Waals surface area contributed by atoms with Gasteiger partial charge in [0.2, 0.25) is 5.91 Å². The lowest BCUT2D eigenvalue weighted by Gasteiger charge is -2.35. The Morgan fingerprint density at radius 3 is 2.68 bits per heavy atom. The average molecular weight is 319 g/mol. The molecule has 0 radical (unpaired) electrons. The predicted molar refractivity (Wildman–Crippen MR) is 84.9 cm³/mol. The van der Waals surface area contributed by atoms with Crippen molar-refractivity contribution in [3.63, 3.8) is 0 Å². The van der Waals surface area contributed by atoms with Crippen LogP contribution in [-0.2, 0) is 4.79 Å². The van der Waals surface area contributed by atoms with E-state index in [4.69, 9.17) is 16.0 Å². The Labute approximate surface area is 134 Å². The number of hydrogen-bond acceptors (Lipinski definition) is 3. The number of piperidine rings is 1. The lowest BCUT2D eigenvalue weighted by Crippen LogP contribution is -2.43. The molecule has 0 bridgehead atoms. The number of hydrogen-bond donors (Lipinski definition) is 0. The summed E-state index contributed by atoms with van der Waals surface area (Å²) >= 11 is 5.99. The molecule has 2 aliphatic rings. The first kappa shape index (κ1) is 14.1. The van der Waals surface area contributed by atoms with E-state index in [2.05, 4.69) is 4.98 Å². The van der Waals surface area contributed by atoms with Gasteiger partial charge in [0.1, 0.15) is 5.52 Å². The van der Waals surface area contributed by atoms with Crippen molar-refractivity contribution in [3.8, 4) is 0 Å². The second kappa shape index (κ2) is 5.58. The highest BCUT2D eigenvalue weighted by Gasteiger charge is 2.33. The van der Waals surface area contributed by atoms with Gasteiger partial charge in [-0.2, -0.15) is 0 Å². The van der Waals surface area contributed by atoms with Crippen LogP contribution in [0.3, 0.4) is 0 Å². The van der Waals surface area contributed by atoms with E-state index in [1.807, 2.05) is 23.1 Å². The number of nitrogens with zero attached hydrogens (tertiary/aromatic N) is 2.